The third-order valence-corrected chi connectivity index (χ3v) is 4.41. The van der Waals surface area contributed by atoms with Gasteiger partial charge in [0, 0.05) is 30.9 Å². The number of amides is 1. The standard InChI is InChI=1S/C18H24N6O/c1-12-5-3-4-10-24(12)18-16(19)17(20-11-21-18)23-15-8-6-14(7-9-15)22-13(2)25/h6-9,11-12H,3-5,10,19H2,1-2H3,(H,22,25)(H,20,21,23). The van der Waals surface area contributed by atoms with Gasteiger partial charge in [0.1, 0.15) is 12.0 Å². The smallest absolute Gasteiger partial charge is 0.221 e. The Morgan fingerprint density at radius 2 is 1.92 bits per heavy atom. The van der Waals surface area contributed by atoms with Gasteiger partial charge >= 0.3 is 0 Å². The average molecular weight is 340 g/mol. The van der Waals surface area contributed by atoms with Crippen molar-refractivity contribution in [2.75, 3.05) is 27.8 Å². The van der Waals surface area contributed by atoms with Gasteiger partial charge in [0.25, 0.3) is 0 Å². The highest BCUT2D eigenvalue weighted by molar-refractivity contribution is 5.89. The van der Waals surface area contributed by atoms with Crippen LogP contribution >= 0.6 is 0 Å². The van der Waals surface area contributed by atoms with Gasteiger partial charge in [-0.25, -0.2) is 9.97 Å². The molecule has 0 bridgehead atoms. The van der Waals surface area contributed by atoms with E-state index in [2.05, 4.69) is 32.4 Å². The molecule has 7 heteroatoms. The van der Waals surface area contributed by atoms with Crippen LogP contribution in [-0.4, -0.2) is 28.5 Å². The molecule has 0 radical (unpaired) electrons. The Morgan fingerprint density at radius 1 is 1.20 bits per heavy atom. The van der Waals surface area contributed by atoms with Gasteiger partial charge in [0.05, 0.1) is 0 Å². The number of anilines is 5. The number of hydrogen-bond acceptors (Lipinski definition) is 6. The lowest BCUT2D eigenvalue weighted by molar-refractivity contribution is -0.114. The molecule has 7 nitrogen and oxygen atoms in total. The number of nitrogen functional groups attached to an aromatic ring is 1. The van der Waals surface area contributed by atoms with Crippen molar-refractivity contribution in [2.24, 2.45) is 0 Å². The van der Waals surface area contributed by atoms with Gasteiger partial charge in [-0.05, 0) is 50.5 Å². The first-order valence-corrected chi connectivity index (χ1v) is 8.56. The molecule has 1 atom stereocenters. The number of aromatic nitrogens is 2. The fraction of sp³-hybridized carbons (Fsp3) is 0.389. The number of carbonyl (C=O) groups excluding carboxylic acids is 1. The number of benzene rings is 1. The molecular formula is C18H24N6O. The van der Waals surface area contributed by atoms with Crippen LogP contribution in [0.1, 0.15) is 33.1 Å². The molecule has 4 N–H and O–H groups in total. The number of nitrogens with one attached hydrogen (secondary N) is 2. The van der Waals surface area contributed by atoms with Gasteiger partial charge in [-0.3, -0.25) is 4.79 Å². The molecule has 1 amide bonds. The van der Waals surface area contributed by atoms with E-state index in [1.165, 1.54) is 13.3 Å². The van der Waals surface area contributed by atoms with Crippen molar-refractivity contribution in [1.29, 1.82) is 0 Å². The first-order valence-electron chi connectivity index (χ1n) is 8.56. The summed E-state index contributed by atoms with van der Waals surface area (Å²) in [6.45, 7) is 4.65. The van der Waals surface area contributed by atoms with Crippen LogP contribution in [0.15, 0.2) is 30.6 Å². The number of nitrogens with zero attached hydrogens (tertiary/aromatic N) is 3. The molecule has 1 aliphatic heterocycles. The third kappa shape index (κ3) is 3.99. The van der Waals surface area contributed by atoms with E-state index in [-0.39, 0.29) is 5.91 Å². The second-order valence-corrected chi connectivity index (χ2v) is 6.38. The van der Waals surface area contributed by atoms with E-state index in [0.717, 1.165) is 36.6 Å². The highest BCUT2D eigenvalue weighted by atomic mass is 16.1. The Labute approximate surface area is 147 Å². The van der Waals surface area contributed by atoms with Crippen molar-refractivity contribution >= 4 is 34.6 Å². The molecule has 2 heterocycles. The monoisotopic (exact) mass is 340 g/mol. The van der Waals surface area contributed by atoms with Gasteiger partial charge in [-0.15, -0.1) is 0 Å². The fourth-order valence-electron chi connectivity index (χ4n) is 3.10. The maximum absolute atomic E-state index is 11.1. The summed E-state index contributed by atoms with van der Waals surface area (Å²) in [5, 5.41) is 5.97. The van der Waals surface area contributed by atoms with Crippen LogP contribution < -0.4 is 21.3 Å². The number of hydrogen-bond donors (Lipinski definition) is 3. The molecule has 2 aromatic rings. The molecular weight excluding hydrogens is 316 g/mol. The van der Waals surface area contributed by atoms with E-state index in [9.17, 15) is 4.79 Å². The van der Waals surface area contributed by atoms with E-state index in [1.807, 2.05) is 24.3 Å². The van der Waals surface area contributed by atoms with E-state index in [0.29, 0.717) is 17.5 Å². The molecule has 0 aliphatic carbocycles. The zero-order valence-electron chi connectivity index (χ0n) is 14.6. The summed E-state index contributed by atoms with van der Waals surface area (Å²) < 4.78 is 0. The van der Waals surface area contributed by atoms with Crippen molar-refractivity contribution in [3.63, 3.8) is 0 Å². The normalized spacial score (nSPS) is 17.2. The van der Waals surface area contributed by atoms with Crippen LogP contribution in [0.2, 0.25) is 0 Å². The summed E-state index contributed by atoms with van der Waals surface area (Å²) >= 11 is 0. The Balaban J connectivity index is 1.79. The Morgan fingerprint density at radius 3 is 2.60 bits per heavy atom. The van der Waals surface area contributed by atoms with Gasteiger partial charge in [-0.2, -0.15) is 0 Å². The second-order valence-electron chi connectivity index (χ2n) is 6.38. The summed E-state index contributed by atoms with van der Waals surface area (Å²) in [5.41, 5.74) is 8.48. The van der Waals surface area contributed by atoms with Gasteiger partial charge in [0.2, 0.25) is 5.91 Å². The highest BCUT2D eigenvalue weighted by Crippen LogP contribution is 2.32. The highest BCUT2D eigenvalue weighted by Gasteiger charge is 2.23. The molecule has 1 aromatic heterocycles. The molecule has 1 fully saturated rings. The minimum absolute atomic E-state index is 0.0963. The number of carbonyl (C=O) groups is 1. The van der Waals surface area contributed by atoms with Gasteiger partial charge in [0.15, 0.2) is 11.6 Å². The molecule has 0 spiro atoms. The Bertz CT molecular complexity index is 746. The first-order chi connectivity index (χ1) is 12.0. The van der Waals surface area contributed by atoms with Crippen LogP contribution in [0, 0.1) is 0 Å². The molecule has 1 saturated heterocycles. The largest absolute Gasteiger partial charge is 0.393 e. The zero-order chi connectivity index (χ0) is 17.8. The summed E-state index contributed by atoms with van der Waals surface area (Å²) in [7, 11) is 0. The minimum Gasteiger partial charge on any atom is -0.393 e. The molecule has 132 valence electrons. The first kappa shape index (κ1) is 17.0. The fourth-order valence-corrected chi connectivity index (χ4v) is 3.10. The lowest BCUT2D eigenvalue weighted by Crippen LogP contribution is -2.38. The van der Waals surface area contributed by atoms with Crippen molar-refractivity contribution in [1.82, 2.24) is 9.97 Å². The zero-order valence-corrected chi connectivity index (χ0v) is 14.6. The van der Waals surface area contributed by atoms with Crippen molar-refractivity contribution in [3.05, 3.63) is 30.6 Å². The predicted molar refractivity (Wildman–Crippen MR) is 101 cm³/mol. The SMILES string of the molecule is CC(=O)Nc1ccc(Nc2ncnc(N3CCCCC3C)c2N)cc1. The average Bonchev–Trinajstić information content (AvgIpc) is 2.59. The quantitative estimate of drug-likeness (QED) is 0.791. The Hall–Kier alpha value is -2.83. The molecule has 25 heavy (non-hydrogen) atoms. The minimum atomic E-state index is -0.0963. The van der Waals surface area contributed by atoms with E-state index < -0.39 is 0 Å². The van der Waals surface area contributed by atoms with E-state index >= 15 is 0 Å². The van der Waals surface area contributed by atoms with Crippen LogP contribution in [0.4, 0.5) is 28.7 Å². The molecule has 1 aliphatic rings. The van der Waals surface area contributed by atoms with E-state index in [1.54, 1.807) is 6.33 Å². The summed E-state index contributed by atoms with van der Waals surface area (Å²) in [5.74, 6) is 1.29. The predicted octanol–water partition coefficient (Wildman–Crippen LogP) is 3.14. The molecule has 1 unspecified atom stereocenters. The summed E-state index contributed by atoms with van der Waals surface area (Å²) in [6, 6.07) is 7.82. The van der Waals surface area contributed by atoms with Crippen LogP contribution in [0.3, 0.4) is 0 Å². The van der Waals surface area contributed by atoms with Crippen LogP contribution in [0.5, 0.6) is 0 Å². The van der Waals surface area contributed by atoms with Crippen LogP contribution in [0.25, 0.3) is 0 Å². The van der Waals surface area contributed by atoms with Gasteiger partial charge in [-0.1, -0.05) is 0 Å². The Kier molecular flexibility index (Phi) is 5.02. The molecule has 3 rings (SSSR count). The maximum atomic E-state index is 11.1. The van der Waals surface area contributed by atoms with Crippen LogP contribution in [-0.2, 0) is 4.79 Å². The maximum Gasteiger partial charge on any atom is 0.221 e. The third-order valence-electron chi connectivity index (χ3n) is 4.41. The second kappa shape index (κ2) is 7.38. The summed E-state index contributed by atoms with van der Waals surface area (Å²) in [6.07, 6.45) is 5.09. The van der Waals surface area contributed by atoms with Crippen molar-refractivity contribution in [3.8, 4) is 0 Å². The van der Waals surface area contributed by atoms with Crippen molar-refractivity contribution in [2.45, 2.75) is 39.2 Å². The molecule has 0 saturated carbocycles. The van der Waals surface area contributed by atoms with Gasteiger partial charge < -0.3 is 21.3 Å². The number of piperidine rings is 1. The lowest BCUT2D eigenvalue weighted by atomic mass is 10.0. The summed E-state index contributed by atoms with van der Waals surface area (Å²) in [4.78, 5) is 22.0. The molecule has 1 aromatic carbocycles. The van der Waals surface area contributed by atoms with Crippen molar-refractivity contribution < 1.29 is 4.79 Å². The number of rotatable bonds is 4. The number of nitrogens with two attached hydrogens (primary N) is 1. The lowest BCUT2D eigenvalue weighted by Gasteiger charge is -2.35. The van der Waals surface area contributed by atoms with E-state index in [4.69, 9.17) is 5.73 Å². The topological polar surface area (TPSA) is 96.2 Å².